The summed E-state index contributed by atoms with van der Waals surface area (Å²) < 4.78 is 2.25. The standard InChI is InChI=1S/C11H10BrClN4O/c1-7(17-6-14-5-15-17)11(18)16-10-4-8(13)2-3-9(10)12/h2-7H,1H3,(H,16,18). The Hall–Kier alpha value is -1.40. The second-order valence-electron chi connectivity index (χ2n) is 3.66. The molecule has 0 aliphatic heterocycles. The summed E-state index contributed by atoms with van der Waals surface area (Å²) in [5.41, 5.74) is 0.625. The van der Waals surface area contributed by atoms with Gasteiger partial charge in [-0.15, -0.1) is 0 Å². The van der Waals surface area contributed by atoms with Gasteiger partial charge in [-0.05, 0) is 41.1 Å². The number of rotatable bonds is 3. The van der Waals surface area contributed by atoms with Gasteiger partial charge in [0, 0.05) is 9.50 Å². The van der Waals surface area contributed by atoms with E-state index >= 15 is 0 Å². The van der Waals surface area contributed by atoms with E-state index in [4.69, 9.17) is 11.6 Å². The summed E-state index contributed by atoms with van der Waals surface area (Å²) in [5, 5.41) is 7.26. The molecule has 0 aliphatic rings. The van der Waals surface area contributed by atoms with Gasteiger partial charge in [0.05, 0.1) is 5.69 Å². The first-order chi connectivity index (χ1) is 8.58. The Bertz CT molecular complexity index is 558. The van der Waals surface area contributed by atoms with E-state index in [1.165, 1.54) is 17.3 Å². The van der Waals surface area contributed by atoms with Crippen LogP contribution in [0.25, 0.3) is 0 Å². The summed E-state index contributed by atoms with van der Waals surface area (Å²) >= 11 is 9.23. The van der Waals surface area contributed by atoms with Crippen LogP contribution in [0.15, 0.2) is 35.3 Å². The molecule has 2 aromatic rings. The van der Waals surface area contributed by atoms with Gasteiger partial charge < -0.3 is 5.32 Å². The number of amides is 1. The molecular formula is C11H10BrClN4O. The van der Waals surface area contributed by atoms with Crippen molar-refractivity contribution < 1.29 is 4.79 Å². The van der Waals surface area contributed by atoms with Crippen LogP contribution >= 0.6 is 27.5 Å². The third-order valence-electron chi connectivity index (χ3n) is 2.40. The maximum Gasteiger partial charge on any atom is 0.249 e. The fraction of sp³-hybridized carbons (Fsp3) is 0.182. The fourth-order valence-corrected chi connectivity index (χ4v) is 1.89. The van der Waals surface area contributed by atoms with Gasteiger partial charge in [-0.25, -0.2) is 9.67 Å². The minimum atomic E-state index is -0.446. The molecule has 2 rings (SSSR count). The SMILES string of the molecule is CC(C(=O)Nc1cc(Cl)ccc1Br)n1cncn1. The largest absolute Gasteiger partial charge is 0.323 e. The maximum absolute atomic E-state index is 12.0. The smallest absolute Gasteiger partial charge is 0.249 e. The Morgan fingerprint density at radius 3 is 3.00 bits per heavy atom. The first-order valence-corrected chi connectivity index (χ1v) is 6.35. The molecule has 1 aromatic carbocycles. The molecule has 5 nitrogen and oxygen atoms in total. The molecule has 1 unspecified atom stereocenters. The van der Waals surface area contributed by atoms with E-state index in [1.807, 2.05) is 0 Å². The number of nitrogens with one attached hydrogen (secondary N) is 1. The van der Waals surface area contributed by atoms with Crippen LogP contribution in [0.5, 0.6) is 0 Å². The fourth-order valence-electron chi connectivity index (χ4n) is 1.37. The molecule has 18 heavy (non-hydrogen) atoms. The van der Waals surface area contributed by atoms with Crippen LogP contribution in [0.4, 0.5) is 5.69 Å². The first-order valence-electron chi connectivity index (χ1n) is 5.18. The molecule has 0 saturated carbocycles. The number of hydrogen-bond acceptors (Lipinski definition) is 3. The Kier molecular flexibility index (Phi) is 3.98. The van der Waals surface area contributed by atoms with Crippen molar-refractivity contribution in [2.75, 3.05) is 5.32 Å². The Morgan fingerprint density at radius 1 is 1.56 bits per heavy atom. The summed E-state index contributed by atoms with van der Waals surface area (Å²) in [4.78, 5) is 15.8. The molecule has 94 valence electrons. The molecule has 1 amide bonds. The minimum Gasteiger partial charge on any atom is -0.323 e. The maximum atomic E-state index is 12.0. The molecule has 0 spiro atoms. The number of carbonyl (C=O) groups excluding carboxylic acids is 1. The number of nitrogens with zero attached hydrogens (tertiary/aromatic N) is 3. The van der Waals surface area contributed by atoms with E-state index in [2.05, 4.69) is 31.3 Å². The Balaban J connectivity index is 2.14. The average Bonchev–Trinajstić information content (AvgIpc) is 2.86. The van der Waals surface area contributed by atoms with Gasteiger partial charge in [0.25, 0.3) is 0 Å². The predicted molar refractivity (Wildman–Crippen MR) is 72.5 cm³/mol. The second kappa shape index (κ2) is 5.49. The van der Waals surface area contributed by atoms with Crippen LogP contribution in [0, 0.1) is 0 Å². The van der Waals surface area contributed by atoms with Crippen molar-refractivity contribution in [3.05, 3.63) is 40.3 Å². The molecule has 0 aliphatic carbocycles. The lowest BCUT2D eigenvalue weighted by Gasteiger charge is -2.13. The van der Waals surface area contributed by atoms with Crippen molar-refractivity contribution in [1.29, 1.82) is 0 Å². The first kappa shape index (κ1) is 13.0. The quantitative estimate of drug-likeness (QED) is 0.942. The van der Waals surface area contributed by atoms with E-state index in [0.717, 1.165) is 4.47 Å². The normalized spacial score (nSPS) is 12.2. The van der Waals surface area contributed by atoms with Crippen LogP contribution in [0.2, 0.25) is 5.02 Å². The highest BCUT2D eigenvalue weighted by atomic mass is 79.9. The molecule has 1 atom stereocenters. The zero-order valence-electron chi connectivity index (χ0n) is 9.47. The lowest BCUT2D eigenvalue weighted by atomic mass is 10.2. The molecule has 7 heteroatoms. The second-order valence-corrected chi connectivity index (χ2v) is 4.96. The van der Waals surface area contributed by atoms with E-state index in [-0.39, 0.29) is 5.91 Å². The Morgan fingerprint density at radius 2 is 2.33 bits per heavy atom. The zero-order chi connectivity index (χ0) is 13.1. The van der Waals surface area contributed by atoms with Crippen LogP contribution in [-0.4, -0.2) is 20.7 Å². The van der Waals surface area contributed by atoms with Gasteiger partial charge >= 0.3 is 0 Å². The molecule has 0 bridgehead atoms. The summed E-state index contributed by atoms with van der Waals surface area (Å²) in [6, 6.07) is 4.75. The number of aromatic nitrogens is 3. The monoisotopic (exact) mass is 328 g/mol. The van der Waals surface area contributed by atoms with Gasteiger partial charge in [0.1, 0.15) is 18.7 Å². The molecule has 0 saturated heterocycles. The molecular weight excluding hydrogens is 320 g/mol. The molecule has 1 aromatic heterocycles. The van der Waals surface area contributed by atoms with E-state index in [1.54, 1.807) is 25.1 Å². The zero-order valence-corrected chi connectivity index (χ0v) is 11.8. The lowest BCUT2D eigenvalue weighted by molar-refractivity contribution is -0.119. The predicted octanol–water partition coefficient (Wildman–Crippen LogP) is 2.89. The van der Waals surface area contributed by atoms with E-state index < -0.39 is 6.04 Å². The minimum absolute atomic E-state index is 0.191. The van der Waals surface area contributed by atoms with Crippen LogP contribution in [-0.2, 0) is 4.79 Å². The number of halogens is 2. The van der Waals surface area contributed by atoms with Gasteiger partial charge in [-0.1, -0.05) is 11.6 Å². The van der Waals surface area contributed by atoms with Crippen molar-refractivity contribution in [3.8, 4) is 0 Å². The number of carbonyl (C=O) groups is 1. The summed E-state index contributed by atoms with van der Waals surface area (Å²) in [7, 11) is 0. The van der Waals surface area contributed by atoms with Gasteiger partial charge in [0.15, 0.2) is 0 Å². The van der Waals surface area contributed by atoms with Crippen LogP contribution in [0.1, 0.15) is 13.0 Å². The molecule has 1 N–H and O–H groups in total. The highest BCUT2D eigenvalue weighted by Crippen LogP contribution is 2.26. The summed E-state index contributed by atoms with van der Waals surface area (Å²) in [6.45, 7) is 1.74. The number of benzene rings is 1. The van der Waals surface area contributed by atoms with Gasteiger partial charge in [-0.2, -0.15) is 5.10 Å². The number of anilines is 1. The van der Waals surface area contributed by atoms with Crippen molar-refractivity contribution in [2.24, 2.45) is 0 Å². The molecule has 1 heterocycles. The van der Waals surface area contributed by atoms with E-state index in [0.29, 0.717) is 10.7 Å². The van der Waals surface area contributed by atoms with Crippen LogP contribution in [0.3, 0.4) is 0 Å². The summed E-state index contributed by atoms with van der Waals surface area (Å²) in [5.74, 6) is -0.191. The number of hydrogen-bond donors (Lipinski definition) is 1. The van der Waals surface area contributed by atoms with Crippen molar-refractivity contribution in [3.63, 3.8) is 0 Å². The van der Waals surface area contributed by atoms with Crippen molar-refractivity contribution in [1.82, 2.24) is 14.8 Å². The third kappa shape index (κ3) is 2.88. The highest BCUT2D eigenvalue weighted by Gasteiger charge is 2.16. The highest BCUT2D eigenvalue weighted by molar-refractivity contribution is 9.10. The van der Waals surface area contributed by atoms with E-state index in [9.17, 15) is 4.79 Å². The third-order valence-corrected chi connectivity index (χ3v) is 3.33. The van der Waals surface area contributed by atoms with Crippen molar-refractivity contribution >= 4 is 39.1 Å². The van der Waals surface area contributed by atoms with Gasteiger partial charge in [0.2, 0.25) is 5.91 Å². The topological polar surface area (TPSA) is 59.8 Å². The van der Waals surface area contributed by atoms with Crippen LogP contribution < -0.4 is 5.32 Å². The lowest BCUT2D eigenvalue weighted by Crippen LogP contribution is -2.24. The molecule has 0 radical (unpaired) electrons. The Labute approximate surface area is 117 Å². The van der Waals surface area contributed by atoms with Crippen molar-refractivity contribution in [2.45, 2.75) is 13.0 Å². The summed E-state index contributed by atoms with van der Waals surface area (Å²) in [6.07, 6.45) is 2.89. The van der Waals surface area contributed by atoms with Gasteiger partial charge in [-0.3, -0.25) is 4.79 Å². The average molecular weight is 330 g/mol. The molecule has 0 fully saturated rings.